The number of methoxy groups -OCH3 is 1. The molecular formula is C22H27N3O3. The van der Waals surface area contributed by atoms with Gasteiger partial charge in [0.25, 0.3) is 5.91 Å². The molecule has 2 amide bonds. The first-order chi connectivity index (χ1) is 13.6. The molecule has 3 rings (SSSR count). The van der Waals surface area contributed by atoms with Crippen LogP contribution in [0.15, 0.2) is 42.5 Å². The Bertz CT molecular complexity index is 827. The Morgan fingerprint density at radius 1 is 1.04 bits per heavy atom. The molecule has 0 unspecified atom stereocenters. The van der Waals surface area contributed by atoms with E-state index in [0.29, 0.717) is 12.1 Å². The van der Waals surface area contributed by atoms with E-state index in [1.807, 2.05) is 49.4 Å². The van der Waals surface area contributed by atoms with Crippen LogP contribution in [0.2, 0.25) is 0 Å². The molecule has 28 heavy (non-hydrogen) atoms. The molecule has 1 aliphatic heterocycles. The van der Waals surface area contributed by atoms with E-state index in [9.17, 15) is 9.59 Å². The van der Waals surface area contributed by atoms with Crippen molar-refractivity contribution in [2.75, 3.05) is 31.6 Å². The van der Waals surface area contributed by atoms with Gasteiger partial charge < -0.3 is 20.3 Å². The molecule has 0 saturated carbocycles. The second-order valence-electron chi connectivity index (χ2n) is 7.02. The van der Waals surface area contributed by atoms with Crippen molar-refractivity contribution in [2.45, 2.75) is 26.3 Å². The fourth-order valence-corrected chi connectivity index (χ4v) is 3.33. The molecule has 2 aromatic carbocycles. The van der Waals surface area contributed by atoms with Crippen LogP contribution in [0.25, 0.3) is 0 Å². The number of aryl methyl sites for hydroxylation is 1. The van der Waals surface area contributed by atoms with Crippen LogP contribution in [-0.4, -0.2) is 38.6 Å². The molecule has 0 atom stereocenters. The zero-order chi connectivity index (χ0) is 19.9. The van der Waals surface area contributed by atoms with E-state index in [4.69, 9.17) is 4.74 Å². The monoisotopic (exact) mass is 381 g/mol. The Labute approximate surface area is 165 Å². The first-order valence-electron chi connectivity index (χ1n) is 9.60. The average Bonchev–Trinajstić information content (AvgIpc) is 3.25. The molecule has 6 heteroatoms. The van der Waals surface area contributed by atoms with E-state index in [1.165, 1.54) is 0 Å². The Balaban J connectivity index is 1.54. The number of anilines is 1. The normalized spacial score (nSPS) is 13.3. The van der Waals surface area contributed by atoms with Gasteiger partial charge in [-0.15, -0.1) is 0 Å². The van der Waals surface area contributed by atoms with Gasteiger partial charge in [0.1, 0.15) is 5.75 Å². The van der Waals surface area contributed by atoms with E-state index < -0.39 is 0 Å². The fourth-order valence-electron chi connectivity index (χ4n) is 3.33. The molecule has 0 aromatic heterocycles. The zero-order valence-electron chi connectivity index (χ0n) is 16.5. The molecule has 1 saturated heterocycles. The minimum atomic E-state index is -0.223. The summed E-state index contributed by atoms with van der Waals surface area (Å²) in [5, 5.41) is 5.57. The molecule has 148 valence electrons. The lowest BCUT2D eigenvalue weighted by Crippen LogP contribution is -2.37. The van der Waals surface area contributed by atoms with Crippen LogP contribution in [0, 0.1) is 6.92 Å². The summed E-state index contributed by atoms with van der Waals surface area (Å²) in [5.41, 5.74) is 3.57. The topological polar surface area (TPSA) is 70.7 Å². The summed E-state index contributed by atoms with van der Waals surface area (Å²) in [6.07, 6.45) is 2.28. The standard InChI is InChI=1S/C22H27N3O3/c1-16-5-10-20(25-11-3-4-12-25)19(13-16)22(27)24-15-21(26)23-14-17-6-8-18(28-2)9-7-17/h5-10,13H,3-4,11-12,14-15H2,1-2H3,(H,23,26)(H,24,27). The first kappa shape index (κ1) is 19.7. The molecule has 2 N–H and O–H groups in total. The highest BCUT2D eigenvalue weighted by molar-refractivity contribution is 6.01. The highest BCUT2D eigenvalue weighted by Crippen LogP contribution is 2.25. The number of benzene rings is 2. The van der Waals surface area contributed by atoms with Gasteiger partial charge >= 0.3 is 0 Å². The number of carbonyl (C=O) groups excluding carboxylic acids is 2. The molecule has 2 aromatic rings. The molecule has 1 aliphatic rings. The maximum atomic E-state index is 12.7. The molecule has 6 nitrogen and oxygen atoms in total. The maximum Gasteiger partial charge on any atom is 0.253 e. The van der Waals surface area contributed by atoms with Crippen LogP contribution in [0.5, 0.6) is 5.75 Å². The Hall–Kier alpha value is -3.02. The Morgan fingerprint density at radius 2 is 1.75 bits per heavy atom. The SMILES string of the molecule is COc1ccc(CNC(=O)CNC(=O)c2cc(C)ccc2N2CCCC2)cc1. The van der Waals surface area contributed by atoms with Crippen LogP contribution in [0.1, 0.15) is 34.3 Å². The predicted octanol–water partition coefficient (Wildman–Crippen LogP) is 2.65. The van der Waals surface area contributed by atoms with Crippen molar-refractivity contribution in [2.24, 2.45) is 0 Å². The summed E-state index contributed by atoms with van der Waals surface area (Å²) in [7, 11) is 1.61. The van der Waals surface area contributed by atoms with Crippen molar-refractivity contribution >= 4 is 17.5 Å². The molecule has 1 fully saturated rings. The highest BCUT2D eigenvalue weighted by Gasteiger charge is 2.20. The van der Waals surface area contributed by atoms with Gasteiger partial charge in [0.05, 0.1) is 19.2 Å². The van der Waals surface area contributed by atoms with Crippen molar-refractivity contribution in [3.63, 3.8) is 0 Å². The van der Waals surface area contributed by atoms with Gasteiger partial charge in [0.2, 0.25) is 5.91 Å². The second-order valence-corrected chi connectivity index (χ2v) is 7.02. The van der Waals surface area contributed by atoms with Crippen molar-refractivity contribution in [1.82, 2.24) is 10.6 Å². The van der Waals surface area contributed by atoms with Crippen molar-refractivity contribution in [1.29, 1.82) is 0 Å². The minimum absolute atomic E-state index is 0.0532. The van der Waals surface area contributed by atoms with Crippen molar-refractivity contribution < 1.29 is 14.3 Å². The van der Waals surface area contributed by atoms with Crippen molar-refractivity contribution in [3.8, 4) is 5.75 Å². The number of amides is 2. The third-order valence-electron chi connectivity index (χ3n) is 4.90. The summed E-state index contributed by atoms with van der Waals surface area (Å²) < 4.78 is 5.12. The molecular weight excluding hydrogens is 354 g/mol. The number of nitrogens with one attached hydrogen (secondary N) is 2. The fraction of sp³-hybridized carbons (Fsp3) is 0.364. The van der Waals surface area contributed by atoms with Gasteiger partial charge in [0.15, 0.2) is 0 Å². The highest BCUT2D eigenvalue weighted by atomic mass is 16.5. The predicted molar refractivity (Wildman–Crippen MR) is 110 cm³/mol. The van der Waals surface area contributed by atoms with Gasteiger partial charge in [-0.25, -0.2) is 0 Å². The number of ether oxygens (including phenoxy) is 1. The van der Waals surface area contributed by atoms with Gasteiger partial charge in [-0.05, 0) is 49.6 Å². The van der Waals surface area contributed by atoms with E-state index >= 15 is 0 Å². The number of carbonyl (C=O) groups is 2. The summed E-state index contributed by atoms with van der Waals surface area (Å²) in [6.45, 7) is 4.24. The van der Waals surface area contributed by atoms with Crippen LogP contribution < -0.4 is 20.3 Å². The van der Waals surface area contributed by atoms with E-state index in [-0.39, 0.29) is 18.4 Å². The Kier molecular flexibility index (Phi) is 6.53. The van der Waals surface area contributed by atoms with Crippen molar-refractivity contribution in [3.05, 3.63) is 59.2 Å². The number of hydrogen-bond donors (Lipinski definition) is 2. The van der Waals surface area contributed by atoms with Crippen LogP contribution >= 0.6 is 0 Å². The average molecular weight is 381 g/mol. The largest absolute Gasteiger partial charge is 0.497 e. The van der Waals surface area contributed by atoms with Crippen LogP contribution in [0.3, 0.4) is 0 Å². The summed E-state index contributed by atoms with van der Waals surface area (Å²) in [6, 6.07) is 13.4. The number of nitrogens with zero attached hydrogens (tertiary/aromatic N) is 1. The molecule has 0 bridgehead atoms. The molecule has 0 spiro atoms. The van der Waals surface area contributed by atoms with Crippen LogP contribution in [-0.2, 0) is 11.3 Å². The second kappa shape index (κ2) is 9.26. The third kappa shape index (κ3) is 5.03. The van der Waals surface area contributed by atoms with Gasteiger partial charge in [-0.1, -0.05) is 23.8 Å². The van der Waals surface area contributed by atoms with E-state index in [1.54, 1.807) is 7.11 Å². The quantitative estimate of drug-likeness (QED) is 0.774. The number of rotatable bonds is 7. The van der Waals surface area contributed by atoms with Gasteiger partial charge in [-0.3, -0.25) is 9.59 Å². The van der Waals surface area contributed by atoms with E-state index in [2.05, 4.69) is 15.5 Å². The van der Waals surface area contributed by atoms with Crippen LogP contribution in [0.4, 0.5) is 5.69 Å². The van der Waals surface area contributed by atoms with Gasteiger partial charge in [-0.2, -0.15) is 0 Å². The number of hydrogen-bond acceptors (Lipinski definition) is 4. The van der Waals surface area contributed by atoms with Gasteiger partial charge in [0, 0.05) is 25.3 Å². The Morgan fingerprint density at radius 3 is 2.43 bits per heavy atom. The zero-order valence-corrected chi connectivity index (χ0v) is 16.5. The lowest BCUT2D eigenvalue weighted by atomic mass is 10.1. The summed E-state index contributed by atoms with van der Waals surface area (Å²) in [4.78, 5) is 27.0. The molecule has 0 aliphatic carbocycles. The minimum Gasteiger partial charge on any atom is -0.497 e. The lowest BCUT2D eigenvalue weighted by Gasteiger charge is -2.21. The smallest absolute Gasteiger partial charge is 0.253 e. The summed E-state index contributed by atoms with van der Waals surface area (Å²) >= 11 is 0. The lowest BCUT2D eigenvalue weighted by molar-refractivity contribution is -0.120. The van der Waals surface area contributed by atoms with E-state index in [0.717, 1.165) is 48.5 Å². The third-order valence-corrected chi connectivity index (χ3v) is 4.90. The maximum absolute atomic E-state index is 12.7. The summed E-state index contributed by atoms with van der Waals surface area (Å²) in [5.74, 6) is 0.332. The first-order valence-corrected chi connectivity index (χ1v) is 9.60. The molecule has 1 heterocycles. The molecule has 0 radical (unpaired) electrons.